The molecule has 0 unspecified atom stereocenters. The van der Waals surface area contributed by atoms with Gasteiger partial charge in [-0.25, -0.2) is 27.8 Å². The van der Waals surface area contributed by atoms with Gasteiger partial charge in [0, 0.05) is 31.4 Å². The Hall–Kier alpha value is -2.36. The van der Waals surface area contributed by atoms with E-state index >= 15 is 0 Å². The standard InChI is InChI=1S/C17H20N6O2S/c24-26(25,14-4-2-1-3-5-14)21-10-11-23-17-16(19-8-9-20-17)15(22-23)13-6-7-18-12-13/h1-5,8-9,13,18,21H,6-7,10-12H2/t13-/m0/s1. The van der Waals surface area contributed by atoms with Gasteiger partial charge < -0.3 is 5.32 Å². The number of benzene rings is 1. The largest absolute Gasteiger partial charge is 0.316 e. The molecule has 26 heavy (non-hydrogen) atoms. The number of fused-ring (bicyclic) bond motifs is 1. The highest BCUT2D eigenvalue weighted by Gasteiger charge is 2.24. The maximum Gasteiger partial charge on any atom is 0.240 e. The third-order valence-corrected chi connectivity index (χ3v) is 5.99. The Morgan fingerprint density at radius 2 is 2.00 bits per heavy atom. The van der Waals surface area contributed by atoms with Crippen molar-refractivity contribution in [3.63, 3.8) is 0 Å². The van der Waals surface area contributed by atoms with Gasteiger partial charge in [-0.3, -0.25) is 0 Å². The van der Waals surface area contributed by atoms with Crippen LogP contribution in [0.5, 0.6) is 0 Å². The third kappa shape index (κ3) is 3.33. The second-order valence-corrected chi connectivity index (χ2v) is 8.00. The van der Waals surface area contributed by atoms with Gasteiger partial charge in [0.1, 0.15) is 5.52 Å². The van der Waals surface area contributed by atoms with Crippen LogP contribution in [0.2, 0.25) is 0 Å². The maximum absolute atomic E-state index is 12.3. The summed E-state index contributed by atoms with van der Waals surface area (Å²) in [6.45, 7) is 2.47. The summed E-state index contributed by atoms with van der Waals surface area (Å²) in [5, 5.41) is 8.02. The molecule has 136 valence electrons. The van der Waals surface area contributed by atoms with Gasteiger partial charge in [0.25, 0.3) is 0 Å². The van der Waals surface area contributed by atoms with E-state index < -0.39 is 10.0 Å². The third-order valence-electron chi connectivity index (χ3n) is 4.51. The Morgan fingerprint density at radius 1 is 1.19 bits per heavy atom. The van der Waals surface area contributed by atoms with Crippen molar-refractivity contribution in [2.45, 2.75) is 23.8 Å². The van der Waals surface area contributed by atoms with Gasteiger partial charge in [0.15, 0.2) is 5.65 Å². The quantitative estimate of drug-likeness (QED) is 0.666. The van der Waals surface area contributed by atoms with E-state index in [0.29, 0.717) is 18.1 Å². The first-order chi connectivity index (χ1) is 12.6. The van der Waals surface area contributed by atoms with Crippen molar-refractivity contribution in [1.82, 2.24) is 29.8 Å². The minimum atomic E-state index is -3.53. The molecule has 2 aromatic heterocycles. The van der Waals surface area contributed by atoms with E-state index in [1.807, 2.05) is 0 Å². The highest BCUT2D eigenvalue weighted by Crippen LogP contribution is 2.26. The number of sulfonamides is 1. The predicted molar refractivity (Wildman–Crippen MR) is 97.2 cm³/mol. The lowest BCUT2D eigenvalue weighted by Gasteiger charge is -2.07. The Morgan fingerprint density at radius 3 is 2.77 bits per heavy atom. The summed E-state index contributed by atoms with van der Waals surface area (Å²) in [4.78, 5) is 9.08. The van der Waals surface area contributed by atoms with Crippen molar-refractivity contribution in [3.8, 4) is 0 Å². The van der Waals surface area contributed by atoms with Crippen molar-refractivity contribution in [2.24, 2.45) is 0 Å². The minimum Gasteiger partial charge on any atom is -0.316 e. The second kappa shape index (κ2) is 7.10. The van der Waals surface area contributed by atoms with Gasteiger partial charge in [0.05, 0.1) is 17.1 Å². The molecule has 3 aromatic rings. The van der Waals surface area contributed by atoms with Crippen LogP contribution >= 0.6 is 0 Å². The Balaban J connectivity index is 1.53. The summed E-state index contributed by atoms with van der Waals surface area (Å²) >= 11 is 0. The summed E-state index contributed by atoms with van der Waals surface area (Å²) in [7, 11) is -3.53. The van der Waals surface area contributed by atoms with E-state index in [-0.39, 0.29) is 11.4 Å². The van der Waals surface area contributed by atoms with Gasteiger partial charge in [-0.05, 0) is 25.1 Å². The molecule has 0 saturated carbocycles. The number of nitrogens with zero attached hydrogens (tertiary/aromatic N) is 4. The number of rotatable bonds is 6. The topological polar surface area (TPSA) is 102 Å². The summed E-state index contributed by atoms with van der Waals surface area (Å²) in [6.07, 6.45) is 4.31. The van der Waals surface area contributed by atoms with Crippen molar-refractivity contribution >= 4 is 21.2 Å². The van der Waals surface area contributed by atoms with Crippen LogP contribution in [0.4, 0.5) is 0 Å². The van der Waals surface area contributed by atoms with Crippen LogP contribution in [0, 0.1) is 0 Å². The summed E-state index contributed by atoms with van der Waals surface area (Å²) < 4.78 is 29.0. The molecule has 0 aliphatic carbocycles. The van der Waals surface area contributed by atoms with Crippen LogP contribution < -0.4 is 10.0 Å². The zero-order valence-electron chi connectivity index (χ0n) is 14.2. The normalized spacial score (nSPS) is 17.8. The van der Waals surface area contributed by atoms with Crippen molar-refractivity contribution in [3.05, 3.63) is 48.4 Å². The van der Waals surface area contributed by atoms with Crippen LogP contribution in [0.1, 0.15) is 18.0 Å². The van der Waals surface area contributed by atoms with Crippen LogP contribution in [0.3, 0.4) is 0 Å². The van der Waals surface area contributed by atoms with Crippen LogP contribution in [0.25, 0.3) is 11.2 Å². The van der Waals surface area contributed by atoms with Gasteiger partial charge in [-0.1, -0.05) is 18.2 Å². The van der Waals surface area contributed by atoms with E-state index in [2.05, 4.69) is 25.1 Å². The Labute approximate surface area is 151 Å². The molecule has 0 amide bonds. The second-order valence-electron chi connectivity index (χ2n) is 6.24. The fourth-order valence-corrected chi connectivity index (χ4v) is 4.25. The van der Waals surface area contributed by atoms with Crippen LogP contribution in [0.15, 0.2) is 47.6 Å². The Bertz CT molecular complexity index is 997. The summed E-state index contributed by atoms with van der Waals surface area (Å²) in [5.41, 5.74) is 2.42. The smallest absolute Gasteiger partial charge is 0.240 e. The molecule has 8 nitrogen and oxygen atoms in total. The zero-order valence-corrected chi connectivity index (χ0v) is 15.0. The summed E-state index contributed by atoms with van der Waals surface area (Å²) in [5.74, 6) is 0.316. The van der Waals surface area contributed by atoms with Gasteiger partial charge in [-0.2, -0.15) is 5.10 Å². The average Bonchev–Trinajstić information content (AvgIpc) is 3.31. The molecule has 0 spiro atoms. The van der Waals surface area contributed by atoms with E-state index in [0.717, 1.165) is 30.7 Å². The molecule has 2 N–H and O–H groups in total. The van der Waals surface area contributed by atoms with Gasteiger partial charge in [-0.15, -0.1) is 0 Å². The van der Waals surface area contributed by atoms with E-state index in [1.54, 1.807) is 47.4 Å². The lowest BCUT2D eigenvalue weighted by molar-refractivity contribution is 0.559. The molecular formula is C17H20N6O2S. The minimum absolute atomic E-state index is 0.229. The lowest BCUT2D eigenvalue weighted by atomic mass is 10.0. The van der Waals surface area contributed by atoms with E-state index in [9.17, 15) is 8.42 Å². The van der Waals surface area contributed by atoms with Crippen molar-refractivity contribution < 1.29 is 8.42 Å². The molecule has 1 aliphatic rings. The molecule has 1 saturated heterocycles. The fraction of sp³-hybridized carbons (Fsp3) is 0.353. The molecule has 0 radical (unpaired) electrons. The first-order valence-corrected chi connectivity index (χ1v) is 10.1. The Kier molecular flexibility index (Phi) is 4.66. The molecule has 3 heterocycles. The predicted octanol–water partition coefficient (Wildman–Crippen LogP) is 0.882. The number of hydrogen-bond donors (Lipinski definition) is 2. The lowest BCUT2D eigenvalue weighted by Crippen LogP contribution is -2.27. The highest BCUT2D eigenvalue weighted by atomic mass is 32.2. The molecule has 1 aliphatic heterocycles. The molecule has 1 atom stereocenters. The molecule has 0 bridgehead atoms. The number of hydrogen-bond acceptors (Lipinski definition) is 6. The van der Waals surface area contributed by atoms with Gasteiger partial charge >= 0.3 is 0 Å². The molecular weight excluding hydrogens is 352 g/mol. The van der Waals surface area contributed by atoms with E-state index in [4.69, 9.17) is 0 Å². The van der Waals surface area contributed by atoms with Gasteiger partial charge in [0.2, 0.25) is 10.0 Å². The molecule has 1 fully saturated rings. The number of nitrogens with one attached hydrogen (secondary N) is 2. The average molecular weight is 372 g/mol. The SMILES string of the molecule is O=S(=O)(NCCn1nc([C@H]2CCNC2)c2nccnc21)c1ccccc1. The van der Waals surface area contributed by atoms with Crippen LogP contribution in [-0.4, -0.2) is 47.8 Å². The summed E-state index contributed by atoms with van der Waals surface area (Å²) in [6, 6.07) is 8.33. The van der Waals surface area contributed by atoms with Crippen LogP contribution in [-0.2, 0) is 16.6 Å². The first kappa shape index (κ1) is 17.1. The molecule has 9 heteroatoms. The highest BCUT2D eigenvalue weighted by molar-refractivity contribution is 7.89. The monoisotopic (exact) mass is 372 g/mol. The van der Waals surface area contributed by atoms with E-state index in [1.165, 1.54) is 0 Å². The maximum atomic E-state index is 12.3. The van der Waals surface area contributed by atoms with Crippen molar-refractivity contribution in [1.29, 1.82) is 0 Å². The fourth-order valence-electron chi connectivity index (χ4n) is 3.21. The van der Waals surface area contributed by atoms with Crippen molar-refractivity contribution in [2.75, 3.05) is 19.6 Å². The first-order valence-electron chi connectivity index (χ1n) is 8.58. The zero-order chi connectivity index (χ0) is 18.0. The molecule has 1 aromatic carbocycles. The molecule has 4 rings (SSSR count). The number of aromatic nitrogens is 4.